The first-order valence-corrected chi connectivity index (χ1v) is 7.72. The number of unbranched alkanes of at least 4 members (excludes halogenated alkanes) is 1. The largest absolute Gasteiger partial charge is 0.313 e. The lowest BCUT2D eigenvalue weighted by molar-refractivity contribution is 0.392. The number of rotatable bonds is 10. The summed E-state index contributed by atoms with van der Waals surface area (Å²) in [6, 6.07) is 11.5. The van der Waals surface area contributed by atoms with Crippen molar-refractivity contribution in [2.24, 2.45) is 0 Å². The van der Waals surface area contributed by atoms with E-state index in [1.54, 1.807) is 0 Å². The maximum atomic E-state index is 3.82. The molecule has 0 aliphatic carbocycles. The molecule has 0 saturated carbocycles. The molecule has 1 nitrogen and oxygen atoms in total. The molecule has 1 aromatic rings. The fourth-order valence-electron chi connectivity index (χ4n) is 2.71. The summed E-state index contributed by atoms with van der Waals surface area (Å²) in [5.74, 6) is 0.623. The summed E-state index contributed by atoms with van der Waals surface area (Å²) in [5, 5.41) is 3.74. The average Bonchev–Trinajstić information content (AvgIpc) is 2.46. The van der Waals surface area contributed by atoms with Gasteiger partial charge in [0.05, 0.1) is 0 Å². The van der Waals surface area contributed by atoms with E-state index in [-0.39, 0.29) is 0 Å². The normalized spacial score (nSPS) is 14.0. The molecule has 1 aromatic carbocycles. The van der Waals surface area contributed by atoms with Gasteiger partial charge in [-0.25, -0.2) is 0 Å². The predicted molar refractivity (Wildman–Crippen MR) is 85.6 cm³/mol. The molecule has 0 fully saturated rings. The summed E-state index contributed by atoms with van der Waals surface area (Å²) < 4.78 is 0. The van der Waals surface area contributed by atoms with Crippen LogP contribution in [0.1, 0.15) is 57.4 Å². The topological polar surface area (TPSA) is 12.0 Å². The zero-order chi connectivity index (χ0) is 13.9. The van der Waals surface area contributed by atoms with E-state index in [1.165, 1.54) is 31.2 Å². The lowest BCUT2D eigenvalue weighted by atomic mass is 9.86. The molecule has 2 unspecified atom stereocenters. The highest BCUT2D eigenvalue weighted by molar-refractivity contribution is 5.21. The SMILES string of the molecule is C=CCCCC(NCCC)C(CC)c1ccccc1. The molecule has 2 atom stereocenters. The first kappa shape index (κ1) is 16.0. The Morgan fingerprint density at radius 3 is 2.53 bits per heavy atom. The van der Waals surface area contributed by atoms with Crippen LogP contribution < -0.4 is 5.32 Å². The second-order valence-corrected chi connectivity index (χ2v) is 5.21. The molecule has 1 heteroatoms. The molecule has 106 valence electrons. The van der Waals surface area contributed by atoms with E-state index in [2.05, 4.69) is 56.1 Å². The second-order valence-electron chi connectivity index (χ2n) is 5.21. The number of hydrogen-bond donors (Lipinski definition) is 1. The molecule has 0 aliphatic heterocycles. The molecule has 0 heterocycles. The summed E-state index contributed by atoms with van der Waals surface area (Å²) in [6.07, 6.45) is 8.01. The van der Waals surface area contributed by atoms with Crippen LogP contribution in [0, 0.1) is 0 Å². The van der Waals surface area contributed by atoms with Crippen LogP contribution in [0.4, 0.5) is 0 Å². The zero-order valence-corrected chi connectivity index (χ0v) is 12.6. The van der Waals surface area contributed by atoms with Crippen LogP contribution in [0.5, 0.6) is 0 Å². The van der Waals surface area contributed by atoms with Crippen molar-refractivity contribution in [1.82, 2.24) is 5.32 Å². The van der Waals surface area contributed by atoms with E-state index in [0.717, 1.165) is 13.0 Å². The summed E-state index contributed by atoms with van der Waals surface area (Å²) >= 11 is 0. The number of nitrogens with one attached hydrogen (secondary N) is 1. The highest BCUT2D eigenvalue weighted by atomic mass is 14.9. The molecule has 0 radical (unpaired) electrons. The summed E-state index contributed by atoms with van der Waals surface area (Å²) in [5.41, 5.74) is 1.47. The van der Waals surface area contributed by atoms with Gasteiger partial charge in [0.15, 0.2) is 0 Å². The van der Waals surface area contributed by atoms with Gasteiger partial charge in [-0.2, -0.15) is 0 Å². The van der Waals surface area contributed by atoms with Crippen LogP contribution in [0.2, 0.25) is 0 Å². The molecule has 0 bridgehead atoms. The van der Waals surface area contributed by atoms with Crippen LogP contribution in [-0.4, -0.2) is 12.6 Å². The Labute approximate surface area is 119 Å². The van der Waals surface area contributed by atoms with Crippen LogP contribution in [0.25, 0.3) is 0 Å². The fourth-order valence-corrected chi connectivity index (χ4v) is 2.71. The Kier molecular flexibility index (Phi) is 8.24. The Balaban J connectivity index is 2.70. The van der Waals surface area contributed by atoms with E-state index in [0.29, 0.717) is 12.0 Å². The van der Waals surface area contributed by atoms with Crippen LogP contribution in [0.15, 0.2) is 43.0 Å². The van der Waals surface area contributed by atoms with E-state index in [9.17, 15) is 0 Å². The van der Waals surface area contributed by atoms with Gasteiger partial charge < -0.3 is 5.32 Å². The Morgan fingerprint density at radius 2 is 1.95 bits per heavy atom. The lowest BCUT2D eigenvalue weighted by Crippen LogP contribution is -2.35. The molecule has 0 saturated heterocycles. The summed E-state index contributed by atoms with van der Waals surface area (Å²) in [6.45, 7) is 9.47. The van der Waals surface area contributed by atoms with Crippen LogP contribution in [-0.2, 0) is 0 Å². The third-order valence-electron chi connectivity index (χ3n) is 3.73. The van der Waals surface area contributed by atoms with Gasteiger partial charge in [0.1, 0.15) is 0 Å². The minimum Gasteiger partial charge on any atom is -0.313 e. The first-order valence-electron chi connectivity index (χ1n) is 7.72. The van der Waals surface area contributed by atoms with Crippen LogP contribution in [0.3, 0.4) is 0 Å². The third kappa shape index (κ3) is 5.61. The van der Waals surface area contributed by atoms with Crippen molar-refractivity contribution in [3.05, 3.63) is 48.6 Å². The highest BCUT2D eigenvalue weighted by Gasteiger charge is 2.20. The second kappa shape index (κ2) is 9.80. The van der Waals surface area contributed by atoms with Crippen molar-refractivity contribution in [3.8, 4) is 0 Å². The van der Waals surface area contributed by atoms with Gasteiger partial charge in [0, 0.05) is 6.04 Å². The van der Waals surface area contributed by atoms with Crippen molar-refractivity contribution in [3.63, 3.8) is 0 Å². The summed E-state index contributed by atoms with van der Waals surface area (Å²) in [7, 11) is 0. The zero-order valence-electron chi connectivity index (χ0n) is 12.6. The number of hydrogen-bond acceptors (Lipinski definition) is 1. The van der Waals surface area contributed by atoms with E-state index in [4.69, 9.17) is 0 Å². The Bertz CT molecular complexity index is 331. The van der Waals surface area contributed by atoms with E-state index in [1.807, 2.05) is 6.08 Å². The minimum atomic E-state index is 0.590. The van der Waals surface area contributed by atoms with Gasteiger partial charge in [-0.3, -0.25) is 0 Å². The fraction of sp³-hybridized carbons (Fsp3) is 0.556. The van der Waals surface area contributed by atoms with Crippen molar-refractivity contribution in [2.45, 2.75) is 57.9 Å². The van der Waals surface area contributed by atoms with Crippen LogP contribution >= 0.6 is 0 Å². The molecule has 0 aliphatic rings. The van der Waals surface area contributed by atoms with Crippen molar-refractivity contribution in [2.75, 3.05) is 6.54 Å². The average molecular weight is 259 g/mol. The van der Waals surface area contributed by atoms with Crippen molar-refractivity contribution < 1.29 is 0 Å². The number of allylic oxidation sites excluding steroid dienone is 1. The molecule has 0 spiro atoms. The maximum absolute atomic E-state index is 3.82. The molecule has 0 aromatic heterocycles. The van der Waals surface area contributed by atoms with E-state index < -0.39 is 0 Å². The smallest absolute Gasteiger partial charge is 0.0136 e. The van der Waals surface area contributed by atoms with Gasteiger partial charge in [0.2, 0.25) is 0 Å². The van der Waals surface area contributed by atoms with Gasteiger partial charge >= 0.3 is 0 Å². The standard InChI is InChI=1S/C18H29N/c1-4-7-9-14-18(19-15-5-2)17(6-3)16-12-10-8-11-13-16/h4,8,10-13,17-19H,1,5-7,9,14-15H2,2-3H3. The predicted octanol–water partition coefficient (Wildman–Crippen LogP) is 4.90. The van der Waals surface area contributed by atoms with Gasteiger partial charge in [0.25, 0.3) is 0 Å². The molecule has 1 rings (SSSR count). The maximum Gasteiger partial charge on any atom is 0.0136 e. The Hall–Kier alpha value is -1.08. The van der Waals surface area contributed by atoms with Crippen molar-refractivity contribution in [1.29, 1.82) is 0 Å². The van der Waals surface area contributed by atoms with E-state index >= 15 is 0 Å². The molecule has 0 amide bonds. The third-order valence-corrected chi connectivity index (χ3v) is 3.73. The van der Waals surface area contributed by atoms with Gasteiger partial charge in [-0.15, -0.1) is 6.58 Å². The first-order chi connectivity index (χ1) is 9.33. The monoisotopic (exact) mass is 259 g/mol. The lowest BCUT2D eigenvalue weighted by Gasteiger charge is -2.28. The molecular weight excluding hydrogens is 230 g/mol. The molecular formula is C18H29N. The summed E-state index contributed by atoms with van der Waals surface area (Å²) in [4.78, 5) is 0. The Morgan fingerprint density at radius 1 is 1.21 bits per heavy atom. The van der Waals surface area contributed by atoms with Crippen molar-refractivity contribution >= 4 is 0 Å². The quantitative estimate of drug-likeness (QED) is 0.465. The molecule has 19 heavy (non-hydrogen) atoms. The molecule has 1 N–H and O–H groups in total. The minimum absolute atomic E-state index is 0.590. The van der Waals surface area contributed by atoms with Gasteiger partial charge in [-0.05, 0) is 50.1 Å². The number of benzene rings is 1. The van der Waals surface area contributed by atoms with Gasteiger partial charge in [-0.1, -0.05) is 50.3 Å². The highest BCUT2D eigenvalue weighted by Crippen LogP contribution is 2.26.